The van der Waals surface area contributed by atoms with E-state index in [1.165, 1.54) is 6.07 Å². The van der Waals surface area contributed by atoms with E-state index in [9.17, 15) is 13.2 Å². The SMILES string of the molecule is FC(F)(F)c1cc(-c2ccccc2)nc2ccccc12. The van der Waals surface area contributed by atoms with Gasteiger partial charge in [-0.15, -0.1) is 0 Å². The summed E-state index contributed by atoms with van der Waals surface area (Å²) >= 11 is 0. The molecule has 0 unspecified atom stereocenters. The first kappa shape index (κ1) is 12.7. The van der Waals surface area contributed by atoms with Gasteiger partial charge in [-0.25, -0.2) is 4.98 Å². The Kier molecular flexibility index (Phi) is 2.93. The van der Waals surface area contributed by atoms with E-state index in [4.69, 9.17) is 0 Å². The largest absolute Gasteiger partial charge is 0.417 e. The predicted octanol–water partition coefficient (Wildman–Crippen LogP) is 4.92. The second-order valence-corrected chi connectivity index (χ2v) is 4.44. The van der Waals surface area contributed by atoms with Gasteiger partial charge in [0.2, 0.25) is 0 Å². The molecule has 0 atom stereocenters. The molecule has 0 spiro atoms. The Morgan fingerprint density at radius 3 is 2.15 bits per heavy atom. The Labute approximate surface area is 113 Å². The van der Waals surface area contributed by atoms with Crippen molar-refractivity contribution < 1.29 is 13.2 Å². The minimum Gasteiger partial charge on any atom is -0.248 e. The fourth-order valence-corrected chi connectivity index (χ4v) is 2.17. The van der Waals surface area contributed by atoms with Gasteiger partial charge in [0, 0.05) is 10.9 Å². The number of alkyl halides is 3. The molecule has 1 nitrogen and oxygen atoms in total. The molecule has 1 heterocycles. The Morgan fingerprint density at radius 2 is 1.45 bits per heavy atom. The van der Waals surface area contributed by atoms with Crippen LogP contribution in [0.25, 0.3) is 22.2 Å². The van der Waals surface area contributed by atoms with Gasteiger partial charge in [-0.1, -0.05) is 48.5 Å². The first-order valence-corrected chi connectivity index (χ1v) is 6.08. The molecule has 3 aromatic rings. The molecule has 4 heteroatoms. The highest BCUT2D eigenvalue weighted by atomic mass is 19.4. The molecular formula is C16H10F3N. The molecular weight excluding hydrogens is 263 g/mol. The highest BCUT2D eigenvalue weighted by molar-refractivity contribution is 5.85. The lowest BCUT2D eigenvalue weighted by Gasteiger charge is -2.12. The van der Waals surface area contributed by atoms with Crippen molar-refractivity contribution in [2.45, 2.75) is 6.18 Å². The minimum absolute atomic E-state index is 0.125. The first-order chi connectivity index (χ1) is 9.55. The van der Waals surface area contributed by atoms with Gasteiger partial charge in [0.25, 0.3) is 0 Å². The maximum Gasteiger partial charge on any atom is 0.417 e. The highest BCUT2D eigenvalue weighted by Gasteiger charge is 2.33. The van der Waals surface area contributed by atoms with Crippen LogP contribution in [0, 0.1) is 0 Å². The maximum absolute atomic E-state index is 13.2. The number of benzene rings is 2. The summed E-state index contributed by atoms with van der Waals surface area (Å²) < 4.78 is 39.6. The van der Waals surface area contributed by atoms with Crippen LogP contribution in [0.3, 0.4) is 0 Å². The summed E-state index contributed by atoms with van der Waals surface area (Å²) in [6.45, 7) is 0. The predicted molar refractivity (Wildman–Crippen MR) is 72.2 cm³/mol. The molecule has 0 radical (unpaired) electrons. The van der Waals surface area contributed by atoms with Gasteiger partial charge < -0.3 is 0 Å². The minimum atomic E-state index is -4.40. The van der Waals surface area contributed by atoms with Crippen LogP contribution in [0.5, 0.6) is 0 Å². The Balaban J connectivity index is 2.31. The van der Waals surface area contributed by atoms with Crippen LogP contribution in [0.15, 0.2) is 60.7 Å². The van der Waals surface area contributed by atoms with E-state index in [-0.39, 0.29) is 5.39 Å². The van der Waals surface area contributed by atoms with Crippen molar-refractivity contribution >= 4 is 10.9 Å². The molecule has 100 valence electrons. The van der Waals surface area contributed by atoms with Crippen molar-refractivity contribution in [3.8, 4) is 11.3 Å². The normalized spacial score (nSPS) is 11.8. The number of para-hydroxylation sites is 1. The zero-order valence-electron chi connectivity index (χ0n) is 10.4. The Bertz CT molecular complexity index is 749. The van der Waals surface area contributed by atoms with Gasteiger partial charge in [0.1, 0.15) is 0 Å². The molecule has 0 aliphatic heterocycles. The summed E-state index contributed by atoms with van der Waals surface area (Å²) in [5.74, 6) is 0. The molecule has 0 saturated carbocycles. The number of hydrogen-bond acceptors (Lipinski definition) is 1. The van der Waals surface area contributed by atoms with Crippen LogP contribution in [-0.4, -0.2) is 4.98 Å². The average Bonchev–Trinajstić information content (AvgIpc) is 2.46. The van der Waals surface area contributed by atoms with Gasteiger partial charge in [-0.2, -0.15) is 13.2 Å². The smallest absolute Gasteiger partial charge is 0.248 e. The lowest BCUT2D eigenvalue weighted by Crippen LogP contribution is -2.07. The van der Waals surface area contributed by atoms with Crippen molar-refractivity contribution in [3.05, 3.63) is 66.2 Å². The summed E-state index contributed by atoms with van der Waals surface area (Å²) in [5.41, 5.74) is 0.698. The summed E-state index contributed by atoms with van der Waals surface area (Å²) in [7, 11) is 0. The molecule has 0 aliphatic carbocycles. The summed E-state index contributed by atoms with van der Waals surface area (Å²) in [6.07, 6.45) is -4.40. The average molecular weight is 273 g/mol. The van der Waals surface area contributed by atoms with Crippen LogP contribution in [-0.2, 0) is 6.18 Å². The lowest BCUT2D eigenvalue weighted by molar-refractivity contribution is -0.136. The van der Waals surface area contributed by atoms with Crippen LogP contribution >= 0.6 is 0 Å². The van der Waals surface area contributed by atoms with E-state index in [2.05, 4.69) is 4.98 Å². The number of aromatic nitrogens is 1. The topological polar surface area (TPSA) is 12.9 Å². The zero-order chi connectivity index (χ0) is 14.2. The molecule has 0 aliphatic rings. The standard InChI is InChI=1S/C16H10F3N/c17-16(18,19)13-10-15(11-6-2-1-3-7-11)20-14-9-5-4-8-12(13)14/h1-10H. The third-order valence-corrected chi connectivity index (χ3v) is 3.09. The molecule has 2 aromatic carbocycles. The van der Waals surface area contributed by atoms with Crippen molar-refractivity contribution in [2.24, 2.45) is 0 Å². The van der Waals surface area contributed by atoms with Gasteiger partial charge in [0.15, 0.2) is 0 Å². The summed E-state index contributed by atoms with van der Waals surface area (Å²) in [5, 5.41) is 0.125. The molecule has 0 bridgehead atoms. The number of nitrogens with zero attached hydrogens (tertiary/aromatic N) is 1. The number of pyridine rings is 1. The Hall–Kier alpha value is -2.36. The third kappa shape index (κ3) is 2.25. The summed E-state index contributed by atoms with van der Waals surface area (Å²) in [6, 6.07) is 16.3. The number of hydrogen-bond donors (Lipinski definition) is 0. The molecule has 0 N–H and O–H groups in total. The quantitative estimate of drug-likeness (QED) is 0.613. The fourth-order valence-electron chi connectivity index (χ4n) is 2.17. The van der Waals surface area contributed by atoms with Crippen LogP contribution in [0.4, 0.5) is 13.2 Å². The van der Waals surface area contributed by atoms with Crippen molar-refractivity contribution in [1.82, 2.24) is 4.98 Å². The van der Waals surface area contributed by atoms with E-state index in [0.717, 1.165) is 6.07 Å². The highest BCUT2D eigenvalue weighted by Crippen LogP contribution is 2.36. The fraction of sp³-hybridized carbons (Fsp3) is 0.0625. The monoisotopic (exact) mass is 273 g/mol. The summed E-state index contributed by atoms with van der Waals surface area (Å²) in [4.78, 5) is 4.32. The number of fused-ring (bicyclic) bond motifs is 1. The first-order valence-electron chi connectivity index (χ1n) is 6.08. The van der Waals surface area contributed by atoms with Gasteiger partial charge in [-0.05, 0) is 12.1 Å². The van der Waals surface area contributed by atoms with E-state index in [0.29, 0.717) is 16.8 Å². The third-order valence-electron chi connectivity index (χ3n) is 3.09. The van der Waals surface area contributed by atoms with E-state index < -0.39 is 11.7 Å². The second-order valence-electron chi connectivity index (χ2n) is 4.44. The van der Waals surface area contributed by atoms with Crippen molar-refractivity contribution in [3.63, 3.8) is 0 Å². The van der Waals surface area contributed by atoms with E-state index in [1.54, 1.807) is 42.5 Å². The van der Waals surface area contributed by atoms with Crippen molar-refractivity contribution in [1.29, 1.82) is 0 Å². The van der Waals surface area contributed by atoms with E-state index in [1.807, 2.05) is 6.07 Å². The molecule has 0 fully saturated rings. The second kappa shape index (κ2) is 4.63. The van der Waals surface area contributed by atoms with Crippen LogP contribution < -0.4 is 0 Å². The van der Waals surface area contributed by atoms with Crippen LogP contribution in [0.1, 0.15) is 5.56 Å². The van der Waals surface area contributed by atoms with Crippen LogP contribution in [0.2, 0.25) is 0 Å². The lowest BCUT2D eigenvalue weighted by atomic mass is 10.0. The number of halogens is 3. The van der Waals surface area contributed by atoms with Gasteiger partial charge >= 0.3 is 6.18 Å². The Morgan fingerprint density at radius 1 is 0.800 bits per heavy atom. The zero-order valence-corrected chi connectivity index (χ0v) is 10.4. The van der Waals surface area contributed by atoms with E-state index >= 15 is 0 Å². The number of rotatable bonds is 1. The molecule has 1 aromatic heterocycles. The molecule has 20 heavy (non-hydrogen) atoms. The van der Waals surface area contributed by atoms with Gasteiger partial charge in [0.05, 0.1) is 16.8 Å². The van der Waals surface area contributed by atoms with Gasteiger partial charge in [-0.3, -0.25) is 0 Å². The molecule has 3 rings (SSSR count). The maximum atomic E-state index is 13.2. The molecule has 0 amide bonds. The van der Waals surface area contributed by atoms with Crippen molar-refractivity contribution in [2.75, 3.05) is 0 Å². The molecule has 0 saturated heterocycles.